The van der Waals surface area contributed by atoms with Crippen molar-refractivity contribution in [1.29, 1.82) is 0 Å². The number of nitrogens with zero attached hydrogens (tertiary/aromatic N) is 3. The molecule has 2 rings (SSSR count). The van der Waals surface area contributed by atoms with Crippen LogP contribution < -0.4 is 5.32 Å². The standard InChI is InChI=1S/C18H26N4S/c1-7-22-15(5)16(14(4)20-22)11-21(6)18(23)19-17-10-12(2)8-9-13(17)3/h8-10H,7,11H2,1-6H3,(H,19,23). The number of thiocarbonyl (C=S) groups is 1. The zero-order chi connectivity index (χ0) is 17.1. The molecule has 0 radical (unpaired) electrons. The van der Waals surface area contributed by atoms with Crippen molar-refractivity contribution in [3.05, 3.63) is 46.3 Å². The van der Waals surface area contributed by atoms with Crippen LogP contribution >= 0.6 is 12.2 Å². The van der Waals surface area contributed by atoms with E-state index in [4.69, 9.17) is 12.2 Å². The van der Waals surface area contributed by atoms with Crippen molar-refractivity contribution in [2.45, 2.75) is 47.7 Å². The van der Waals surface area contributed by atoms with Gasteiger partial charge in [0.25, 0.3) is 0 Å². The maximum absolute atomic E-state index is 5.57. The lowest BCUT2D eigenvalue weighted by Crippen LogP contribution is -2.31. The van der Waals surface area contributed by atoms with Crippen LogP contribution in [0.1, 0.15) is 35.0 Å². The van der Waals surface area contributed by atoms with Crippen molar-refractivity contribution < 1.29 is 0 Å². The zero-order valence-corrected chi connectivity index (χ0v) is 15.7. The lowest BCUT2D eigenvalue weighted by molar-refractivity contribution is 0.504. The molecular formula is C18H26N4S. The van der Waals surface area contributed by atoms with E-state index in [0.29, 0.717) is 0 Å². The molecule has 23 heavy (non-hydrogen) atoms. The Morgan fingerprint density at radius 2 is 1.96 bits per heavy atom. The molecule has 0 atom stereocenters. The topological polar surface area (TPSA) is 33.1 Å². The van der Waals surface area contributed by atoms with Crippen LogP contribution in [0.25, 0.3) is 0 Å². The van der Waals surface area contributed by atoms with Crippen LogP contribution in [-0.4, -0.2) is 26.8 Å². The Balaban J connectivity index is 2.11. The Labute approximate surface area is 144 Å². The quantitative estimate of drug-likeness (QED) is 0.860. The summed E-state index contributed by atoms with van der Waals surface area (Å²) in [6, 6.07) is 6.35. The van der Waals surface area contributed by atoms with E-state index in [1.165, 1.54) is 22.4 Å². The fourth-order valence-electron chi connectivity index (χ4n) is 2.66. The minimum Gasteiger partial charge on any atom is -0.348 e. The van der Waals surface area contributed by atoms with Crippen molar-refractivity contribution in [3.63, 3.8) is 0 Å². The maximum atomic E-state index is 5.57. The van der Waals surface area contributed by atoms with E-state index in [1.54, 1.807) is 0 Å². The van der Waals surface area contributed by atoms with Crippen LogP contribution in [0.4, 0.5) is 5.69 Å². The first-order chi connectivity index (χ1) is 10.8. The second kappa shape index (κ2) is 7.13. The van der Waals surface area contributed by atoms with Crippen LogP contribution in [0.3, 0.4) is 0 Å². The van der Waals surface area contributed by atoms with Crippen molar-refractivity contribution in [1.82, 2.24) is 14.7 Å². The van der Waals surface area contributed by atoms with Gasteiger partial charge < -0.3 is 10.2 Å². The molecule has 0 aliphatic rings. The van der Waals surface area contributed by atoms with E-state index in [-0.39, 0.29) is 0 Å². The summed E-state index contributed by atoms with van der Waals surface area (Å²) in [4.78, 5) is 2.06. The zero-order valence-electron chi connectivity index (χ0n) is 14.9. The van der Waals surface area contributed by atoms with Gasteiger partial charge >= 0.3 is 0 Å². The van der Waals surface area contributed by atoms with Crippen molar-refractivity contribution in [2.24, 2.45) is 0 Å². The van der Waals surface area contributed by atoms with E-state index in [2.05, 4.69) is 68.1 Å². The normalized spacial score (nSPS) is 10.7. The minimum atomic E-state index is 0.724. The molecule has 0 saturated carbocycles. The number of hydrogen-bond acceptors (Lipinski definition) is 2. The minimum absolute atomic E-state index is 0.724. The highest BCUT2D eigenvalue weighted by Gasteiger charge is 2.14. The highest BCUT2D eigenvalue weighted by atomic mass is 32.1. The fraction of sp³-hybridized carbons (Fsp3) is 0.444. The average molecular weight is 331 g/mol. The molecule has 1 N–H and O–H groups in total. The van der Waals surface area contributed by atoms with Crippen molar-refractivity contribution in [3.8, 4) is 0 Å². The maximum Gasteiger partial charge on any atom is 0.173 e. The molecule has 2 aromatic rings. The molecule has 124 valence electrons. The molecular weight excluding hydrogens is 304 g/mol. The molecule has 0 amide bonds. The first-order valence-corrected chi connectivity index (χ1v) is 8.36. The molecule has 0 spiro atoms. The van der Waals surface area contributed by atoms with Gasteiger partial charge in [-0.25, -0.2) is 0 Å². The van der Waals surface area contributed by atoms with Gasteiger partial charge in [-0.3, -0.25) is 4.68 Å². The molecule has 0 bridgehead atoms. The first-order valence-electron chi connectivity index (χ1n) is 7.95. The third-order valence-electron chi connectivity index (χ3n) is 4.21. The lowest BCUT2D eigenvalue weighted by atomic mass is 10.1. The first kappa shape index (κ1) is 17.5. The Morgan fingerprint density at radius 3 is 2.57 bits per heavy atom. The summed E-state index contributed by atoms with van der Waals surface area (Å²) < 4.78 is 2.04. The molecule has 1 heterocycles. The third kappa shape index (κ3) is 3.91. The van der Waals surface area contributed by atoms with Crippen molar-refractivity contribution in [2.75, 3.05) is 12.4 Å². The van der Waals surface area contributed by atoms with Crippen LogP contribution in [0, 0.1) is 27.7 Å². The monoisotopic (exact) mass is 330 g/mol. The Hall–Kier alpha value is -1.88. The second-order valence-corrected chi connectivity index (χ2v) is 6.46. The van der Waals surface area contributed by atoms with Crippen LogP contribution in [-0.2, 0) is 13.1 Å². The van der Waals surface area contributed by atoms with Gasteiger partial charge in [-0.1, -0.05) is 12.1 Å². The number of anilines is 1. The third-order valence-corrected chi connectivity index (χ3v) is 4.62. The smallest absolute Gasteiger partial charge is 0.173 e. The van der Waals surface area contributed by atoms with E-state index in [9.17, 15) is 0 Å². The molecule has 0 aliphatic heterocycles. The van der Waals surface area contributed by atoms with E-state index in [1.807, 2.05) is 11.7 Å². The predicted octanol–water partition coefficient (Wildman–Crippen LogP) is 3.97. The van der Waals surface area contributed by atoms with E-state index < -0.39 is 0 Å². The SMILES string of the molecule is CCn1nc(C)c(CN(C)C(=S)Nc2cc(C)ccc2C)c1C. The van der Waals surface area contributed by atoms with Gasteiger partial charge in [-0.05, 0) is 64.0 Å². The molecule has 1 aromatic carbocycles. The summed E-state index contributed by atoms with van der Waals surface area (Å²) in [5.41, 5.74) is 7.02. The highest BCUT2D eigenvalue weighted by molar-refractivity contribution is 7.80. The molecule has 5 heteroatoms. The van der Waals surface area contributed by atoms with Crippen LogP contribution in [0.5, 0.6) is 0 Å². The molecule has 0 unspecified atom stereocenters. The number of rotatable bonds is 4. The Morgan fingerprint density at radius 1 is 1.26 bits per heavy atom. The number of nitrogens with one attached hydrogen (secondary N) is 1. The van der Waals surface area contributed by atoms with Gasteiger partial charge in [0.1, 0.15) is 0 Å². The van der Waals surface area contributed by atoms with Gasteiger partial charge in [0.05, 0.1) is 5.69 Å². The van der Waals surface area contributed by atoms with Gasteiger partial charge in [-0.2, -0.15) is 5.10 Å². The molecule has 0 fully saturated rings. The molecule has 4 nitrogen and oxygen atoms in total. The molecule has 0 aliphatic carbocycles. The summed E-state index contributed by atoms with van der Waals surface area (Å²) in [6.07, 6.45) is 0. The van der Waals surface area contributed by atoms with Crippen molar-refractivity contribution >= 4 is 23.0 Å². The summed E-state index contributed by atoms with van der Waals surface area (Å²) in [5, 5.41) is 8.66. The second-order valence-electron chi connectivity index (χ2n) is 6.07. The molecule has 0 saturated heterocycles. The largest absolute Gasteiger partial charge is 0.348 e. The number of aromatic nitrogens is 2. The Bertz CT molecular complexity index is 718. The number of benzene rings is 1. The van der Waals surface area contributed by atoms with Crippen LogP contribution in [0.2, 0.25) is 0 Å². The summed E-state index contributed by atoms with van der Waals surface area (Å²) >= 11 is 5.57. The summed E-state index contributed by atoms with van der Waals surface area (Å²) in [6.45, 7) is 12.1. The average Bonchev–Trinajstić information content (AvgIpc) is 2.78. The molecule has 1 aromatic heterocycles. The van der Waals surface area contributed by atoms with Gasteiger partial charge in [-0.15, -0.1) is 0 Å². The summed E-state index contributed by atoms with van der Waals surface area (Å²) in [7, 11) is 2.02. The van der Waals surface area contributed by atoms with E-state index in [0.717, 1.165) is 29.6 Å². The predicted molar refractivity (Wildman–Crippen MR) is 101 cm³/mol. The highest BCUT2D eigenvalue weighted by Crippen LogP contribution is 2.19. The van der Waals surface area contributed by atoms with Crippen LogP contribution in [0.15, 0.2) is 18.2 Å². The number of hydrogen-bond donors (Lipinski definition) is 1. The van der Waals surface area contributed by atoms with Gasteiger partial charge in [0.2, 0.25) is 0 Å². The number of aryl methyl sites for hydroxylation is 4. The Kier molecular flexibility index (Phi) is 5.42. The van der Waals surface area contributed by atoms with Gasteiger partial charge in [0, 0.05) is 37.1 Å². The summed E-state index contributed by atoms with van der Waals surface area (Å²) in [5.74, 6) is 0. The fourth-order valence-corrected chi connectivity index (χ4v) is 2.84. The van der Waals surface area contributed by atoms with E-state index >= 15 is 0 Å². The van der Waals surface area contributed by atoms with Gasteiger partial charge in [0.15, 0.2) is 5.11 Å². The lowest BCUT2D eigenvalue weighted by Gasteiger charge is -2.22.